The first-order valence-corrected chi connectivity index (χ1v) is 2.01. The van der Waals surface area contributed by atoms with E-state index in [4.69, 9.17) is 0 Å². The summed E-state index contributed by atoms with van der Waals surface area (Å²) in [7, 11) is 0. The van der Waals surface area contributed by atoms with E-state index in [1.165, 1.54) is 24.3 Å². The molecule has 0 unspecified atom stereocenters. The Morgan fingerprint density at radius 2 is 2.43 bits per heavy atom. The van der Waals surface area contributed by atoms with Gasteiger partial charge in [-0.15, -0.1) is 0 Å². The summed E-state index contributed by atoms with van der Waals surface area (Å²) in [6, 6.07) is 0. The Labute approximate surface area is 41.7 Å². The van der Waals surface area contributed by atoms with Crippen LogP contribution in [-0.4, -0.2) is 0 Å². The van der Waals surface area contributed by atoms with Gasteiger partial charge in [0.05, 0.1) is 12.2 Å². The van der Waals surface area contributed by atoms with E-state index in [0.29, 0.717) is 0 Å². The number of hydrogen-bond donors (Lipinski definition) is 0. The maximum absolute atomic E-state index is 11.9. The van der Waals surface area contributed by atoms with Crippen LogP contribution in [0.4, 0.5) is 4.39 Å². The molecule has 0 saturated carbocycles. The van der Waals surface area contributed by atoms with Crippen LogP contribution in [0, 0.1) is 6.08 Å². The van der Waals surface area contributed by atoms with Gasteiger partial charge in [-0.1, -0.05) is 0 Å². The lowest BCUT2D eigenvalue weighted by atomic mass is 10.3. The minimum absolute atomic E-state index is 0.209. The molecule has 0 aromatic heterocycles. The van der Waals surface area contributed by atoms with Crippen LogP contribution in [0.2, 0.25) is 0 Å². The molecule has 0 amide bonds. The first-order valence-electron chi connectivity index (χ1n) is 2.01. The van der Waals surface area contributed by atoms with E-state index in [0.717, 1.165) is 0 Å². The number of halogens is 1. The molecule has 0 nitrogen and oxygen atoms in total. The third-order valence-corrected chi connectivity index (χ3v) is 0.678. The van der Waals surface area contributed by atoms with Gasteiger partial charge in [-0.25, -0.2) is 0 Å². The summed E-state index contributed by atoms with van der Waals surface area (Å²) in [6.45, 7) is 0. The summed E-state index contributed by atoms with van der Waals surface area (Å²) < 4.78 is 11.9. The third-order valence-electron chi connectivity index (χ3n) is 0.678. The Morgan fingerprint density at radius 1 is 1.57 bits per heavy atom. The minimum atomic E-state index is -0.209. The molecule has 0 saturated heterocycles. The van der Waals surface area contributed by atoms with E-state index in [1.807, 2.05) is 0 Å². The zero-order chi connectivity index (χ0) is 5.11. The van der Waals surface area contributed by atoms with E-state index in [1.54, 1.807) is 0 Å². The highest BCUT2D eigenvalue weighted by Crippen LogP contribution is 2.01. The van der Waals surface area contributed by atoms with E-state index in [-0.39, 0.29) is 5.83 Å². The fourth-order valence-corrected chi connectivity index (χ4v) is 0.367. The van der Waals surface area contributed by atoms with Gasteiger partial charge in [0.15, 0.2) is 0 Å². The highest BCUT2D eigenvalue weighted by Gasteiger charge is 1.95. The second-order valence-electron chi connectivity index (χ2n) is 1.22. The molecule has 1 rings (SSSR count). The second kappa shape index (κ2) is 1.67. The molecule has 0 N–H and O–H groups in total. The van der Waals surface area contributed by atoms with Gasteiger partial charge in [0.2, 0.25) is 5.83 Å². The highest BCUT2D eigenvalue weighted by atomic mass is 19.1. The predicted octanol–water partition coefficient (Wildman–Crippen LogP) is 1.77. The van der Waals surface area contributed by atoms with Gasteiger partial charge in [0, 0.05) is 6.08 Å². The van der Waals surface area contributed by atoms with E-state index >= 15 is 0 Å². The van der Waals surface area contributed by atoms with Crippen LogP contribution in [-0.2, 0) is 0 Å². The number of rotatable bonds is 0. The maximum Gasteiger partial charge on any atom is 0.231 e. The summed E-state index contributed by atoms with van der Waals surface area (Å²) in [6.07, 6.45) is 8.49. The summed E-state index contributed by atoms with van der Waals surface area (Å²) in [4.78, 5) is 0. The Bertz CT molecular complexity index is 140. The molecule has 0 aliphatic heterocycles. The van der Waals surface area contributed by atoms with Crippen molar-refractivity contribution in [2.75, 3.05) is 0 Å². The average Bonchev–Trinajstić information content (AvgIpc) is 1.69. The Balaban J connectivity index is 2.82. The molecule has 34 valence electrons. The van der Waals surface area contributed by atoms with Crippen LogP contribution in [0.1, 0.15) is 0 Å². The zero-order valence-electron chi connectivity index (χ0n) is 3.69. The fourth-order valence-electron chi connectivity index (χ4n) is 0.367. The Morgan fingerprint density at radius 3 is 2.71 bits per heavy atom. The van der Waals surface area contributed by atoms with Crippen LogP contribution in [0.3, 0.4) is 0 Å². The lowest BCUT2D eigenvalue weighted by Crippen LogP contribution is -1.67. The van der Waals surface area contributed by atoms with Crippen molar-refractivity contribution in [1.82, 2.24) is 0 Å². The third kappa shape index (κ3) is 0.951. The zero-order valence-corrected chi connectivity index (χ0v) is 3.69. The molecule has 0 fully saturated rings. The summed E-state index contributed by atoms with van der Waals surface area (Å²) in [5.41, 5.74) is 0. The van der Waals surface area contributed by atoms with Crippen molar-refractivity contribution in [2.24, 2.45) is 0 Å². The highest BCUT2D eigenvalue weighted by molar-refractivity contribution is 5.24. The molecular weight excluding hydrogens is 91.1 g/mol. The first kappa shape index (κ1) is 4.23. The molecule has 1 aliphatic rings. The van der Waals surface area contributed by atoms with Crippen LogP contribution in [0.25, 0.3) is 0 Å². The smallest absolute Gasteiger partial charge is 0.175 e. The van der Waals surface area contributed by atoms with Crippen molar-refractivity contribution in [1.29, 1.82) is 0 Å². The van der Waals surface area contributed by atoms with Crippen molar-refractivity contribution in [2.45, 2.75) is 0 Å². The quantitative estimate of drug-likeness (QED) is 0.402. The van der Waals surface area contributed by atoms with Gasteiger partial charge >= 0.3 is 0 Å². The standard InChI is InChI=1S/C6H4F/c7-6-4-2-1-3-5-6/h2-5H/q+1. The van der Waals surface area contributed by atoms with E-state index < -0.39 is 0 Å². The van der Waals surface area contributed by atoms with Gasteiger partial charge in [0.25, 0.3) is 0 Å². The van der Waals surface area contributed by atoms with Crippen molar-refractivity contribution in [3.05, 3.63) is 36.2 Å². The molecule has 0 bridgehead atoms. The molecule has 0 radical (unpaired) electrons. The monoisotopic (exact) mass is 95.0 g/mol. The van der Waals surface area contributed by atoms with Crippen LogP contribution >= 0.6 is 0 Å². The maximum atomic E-state index is 11.9. The lowest BCUT2D eigenvalue weighted by molar-refractivity contribution is 0.666. The average molecular weight is 95.1 g/mol. The van der Waals surface area contributed by atoms with Gasteiger partial charge in [-0.3, -0.25) is 0 Å². The molecule has 1 aliphatic carbocycles. The van der Waals surface area contributed by atoms with Crippen LogP contribution in [0.5, 0.6) is 0 Å². The topological polar surface area (TPSA) is 0 Å². The molecule has 0 spiro atoms. The van der Waals surface area contributed by atoms with E-state index in [9.17, 15) is 4.39 Å². The fraction of sp³-hybridized carbons (Fsp3) is 0. The summed E-state index contributed by atoms with van der Waals surface area (Å²) in [5.74, 6) is -0.209. The molecule has 1 heteroatoms. The molecular formula is C6H4F+. The SMILES string of the molecule is FC1=CC=[C+]C=C1. The molecule has 0 heterocycles. The number of allylic oxidation sites excluding steroid dienone is 6. The van der Waals surface area contributed by atoms with Gasteiger partial charge < -0.3 is 0 Å². The molecule has 0 atom stereocenters. The summed E-state index contributed by atoms with van der Waals surface area (Å²) in [5, 5.41) is 0. The van der Waals surface area contributed by atoms with Crippen molar-refractivity contribution in [3.8, 4) is 0 Å². The molecule has 7 heavy (non-hydrogen) atoms. The van der Waals surface area contributed by atoms with Crippen LogP contribution in [0.15, 0.2) is 30.1 Å². The van der Waals surface area contributed by atoms with E-state index in [2.05, 4.69) is 6.08 Å². The minimum Gasteiger partial charge on any atom is -0.175 e. The van der Waals surface area contributed by atoms with Crippen molar-refractivity contribution < 1.29 is 4.39 Å². The second-order valence-corrected chi connectivity index (χ2v) is 1.22. The first-order chi connectivity index (χ1) is 3.39. The molecule has 0 aromatic carbocycles. The normalized spacial score (nSPS) is 15.9. The van der Waals surface area contributed by atoms with Crippen LogP contribution < -0.4 is 0 Å². The summed E-state index contributed by atoms with van der Waals surface area (Å²) >= 11 is 0. The number of hydrogen-bond acceptors (Lipinski definition) is 0. The van der Waals surface area contributed by atoms with Crippen molar-refractivity contribution >= 4 is 0 Å². The Hall–Kier alpha value is -0.940. The predicted molar refractivity (Wildman–Crippen MR) is 26.1 cm³/mol. The largest absolute Gasteiger partial charge is 0.231 e. The Kier molecular flexibility index (Phi) is 1.01. The van der Waals surface area contributed by atoms with Crippen molar-refractivity contribution in [3.63, 3.8) is 0 Å². The van der Waals surface area contributed by atoms with Gasteiger partial charge in [-0.2, -0.15) is 4.39 Å². The van der Waals surface area contributed by atoms with Gasteiger partial charge in [0.1, 0.15) is 12.2 Å². The van der Waals surface area contributed by atoms with Gasteiger partial charge in [-0.05, 0) is 0 Å². The lowest BCUT2D eigenvalue weighted by Gasteiger charge is -1.73. The molecule has 0 aromatic rings.